The van der Waals surface area contributed by atoms with Gasteiger partial charge in [-0.3, -0.25) is 14.5 Å². The Morgan fingerprint density at radius 2 is 1.66 bits per heavy atom. The Kier molecular flexibility index (Phi) is 8.50. The maximum Gasteiger partial charge on any atom is 0.335 e. The molecule has 2 heterocycles. The summed E-state index contributed by atoms with van der Waals surface area (Å²) in [7, 11) is 0. The summed E-state index contributed by atoms with van der Waals surface area (Å²) in [5.41, 5.74) is 8.57. The average Bonchev–Trinajstić information content (AvgIpc) is 2.89. The fourth-order valence-electron chi connectivity index (χ4n) is 5.51. The maximum atomic E-state index is 13.1. The highest BCUT2D eigenvalue weighted by Gasteiger charge is 2.36. The van der Waals surface area contributed by atoms with Gasteiger partial charge in [-0.15, -0.1) is 0 Å². The van der Waals surface area contributed by atoms with Crippen LogP contribution >= 0.6 is 0 Å². The molecule has 2 aromatic carbocycles. The van der Waals surface area contributed by atoms with Crippen molar-refractivity contribution in [3.63, 3.8) is 0 Å². The molecule has 4 N–H and O–H groups in total. The van der Waals surface area contributed by atoms with Gasteiger partial charge in [-0.25, -0.2) is 4.79 Å². The Morgan fingerprint density at radius 1 is 1.03 bits per heavy atom. The van der Waals surface area contributed by atoms with Gasteiger partial charge in [-0.2, -0.15) is 0 Å². The van der Waals surface area contributed by atoms with Gasteiger partial charge in [-0.05, 0) is 60.2 Å². The van der Waals surface area contributed by atoms with Crippen molar-refractivity contribution in [1.29, 1.82) is 0 Å². The monoisotopic (exact) mass is 522 g/mol. The van der Waals surface area contributed by atoms with Crippen LogP contribution in [0.15, 0.2) is 48.5 Å². The summed E-state index contributed by atoms with van der Waals surface area (Å²) in [5.74, 6) is -1.58. The van der Waals surface area contributed by atoms with Gasteiger partial charge in [0.15, 0.2) is 0 Å². The zero-order chi connectivity index (χ0) is 27.4. The van der Waals surface area contributed by atoms with Gasteiger partial charge in [0.25, 0.3) is 0 Å². The lowest BCUT2D eigenvalue weighted by atomic mass is 9.72. The van der Waals surface area contributed by atoms with Crippen molar-refractivity contribution in [2.45, 2.75) is 51.6 Å². The van der Waals surface area contributed by atoms with Crippen LogP contribution in [0.1, 0.15) is 55.5 Å². The zero-order valence-corrected chi connectivity index (χ0v) is 22.4. The molecule has 0 unspecified atom stereocenters. The molecule has 0 radical (unpaired) electrons. The van der Waals surface area contributed by atoms with Gasteiger partial charge in [-0.1, -0.05) is 32.9 Å². The SMILES string of the molecule is CC(C)(C)[C@@H](c1ccc(N2CCN(C3CCOCC3)CC2=O)cc1)[C@H](N)C(=O)Nc1ccc(C(=O)O)cc1. The number of hydrogen-bond acceptors (Lipinski definition) is 6. The van der Waals surface area contributed by atoms with E-state index in [9.17, 15) is 14.4 Å². The number of carboxylic acid groups (broad SMARTS) is 1. The van der Waals surface area contributed by atoms with Crippen molar-refractivity contribution >= 4 is 29.2 Å². The molecule has 2 atom stereocenters. The molecule has 204 valence electrons. The third-order valence-corrected chi connectivity index (χ3v) is 7.52. The van der Waals surface area contributed by atoms with Gasteiger partial charge >= 0.3 is 5.97 Å². The smallest absolute Gasteiger partial charge is 0.335 e. The third kappa shape index (κ3) is 6.40. The van der Waals surface area contributed by atoms with E-state index in [2.05, 4.69) is 10.2 Å². The Labute approximate surface area is 223 Å². The van der Waals surface area contributed by atoms with Crippen molar-refractivity contribution in [3.05, 3.63) is 59.7 Å². The van der Waals surface area contributed by atoms with Gasteiger partial charge in [0.2, 0.25) is 11.8 Å². The third-order valence-electron chi connectivity index (χ3n) is 7.52. The molecule has 4 rings (SSSR count). The number of amides is 2. The number of carbonyl (C=O) groups is 3. The van der Waals surface area contributed by atoms with Crippen LogP contribution in [0.3, 0.4) is 0 Å². The minimum absolute atomic E-state index is 0.0906. The van der Waals surface area contributed by atoms with Crippen molar-refractivity contribution in [1.82, 2.24) is 4.90 Å². The first-order valence-electron chi connectivity index (χ1n) is 13.2. The average molecular weight is 523 g/mol. The molecular formula is C29H38N4O5. The van der Waals surface area contributed by atoms with Gasteiger partial charge in [0, 0.05) is 49.6 Å². The van der Waals surface area contributed by atoms with E-state index in [-0.39, 0.29) is 28.7 Å². The normalized spacial score (nSPS) is 19.2. The molecule has 0 aliphatic carbocycles. The second-order valence-electron chi connectivity index (χ2n) is 11.2. The minimum Gasteiger partial charge on any atom is -0.478 e. The number of benzene rings is 2. The Bertz CT molecular complexity index is 1140. The van der Waals surface area contributed by atoms with E-state index in [0.29, 0.717) is 24.8 Å². The number of nitrogens with zero attached hydrogens (tertiary/aromatic N) is 2. The van der Waals surface area contributed by atoms with Crippen molar-refractivity contribution < 1.29 is 24.2 Å². The number of carbonyl (C=O) groups excluding carboxylic acids is 2. The molecule has 2 aliphatic rings. The van der Waals surface area contributed by atoms with Crippen LogP contribution in [0, 0.1) is 5.41 Å². The lowest BCUT2D eigenvalue weighted by Gasteiger charge is -2.40. The molecule has 38 heavy (non-hydrogen) atoms. The van der Waals surface area contributed by atoms with Crippen LogP contribution in [-0.2, 0) is 14.3 Å². The Morgan fingerprint density at radius 3 is 2.21 bits per heavy atom. The highest BCUT2D eigenvalue weighted by Crippen LogP contribution is 2.38. The number of ether oxygens (including phenoxy) is 1. The molecule has 2 fully saturated rings. The van der Waals surface area contributed by atoms with Crippen molar-refractivity contribution in [2.24, 2.45) is 11.1 Å². The number of piperazine rings is 1. The quantitative estimate of drug-likeness (QED) is 0.509. The number of hydrogen-bond donors (Lipinski definition) is 3. The molecule has 2 aromatic rings. The standard InChI is InChI=1S/C29H38N4O5/c1-29(2,3)25(26(30)27(35)31-21-8-4-20(5-9-21)28(36)37)19-6-10-23(11-7-19)33-15-14-32(18-24(33)34)22-12-16-38-17-13-22/h4-11,22,25-26H,12-18,30H2,1-3H3,(H,31,35)(H,36,37)/t25-,26-/m0/s1. The molecule has 0 spiro atoms. The van der Waals surface area contributed by atoms with Crippen LogP contribution in [0.5, 0.6) is 0 Å². The highest BCUT2D eigenvalue weighted by atomic mass is 16.5. The second-order valence-corrected chi connectivity index (χ2v) is 11.2. The van der Waals surface area contributed by atoms with Crippen LogP contribution < -0.4 is 16.0 Å². The van der Waals surface area contributed by atoms with E-state index in [0.717, 1.165) is 43.9 Å². The molecule has 9 nitrogen and oxygen atoms in total. The second kappa shape index (κ2) is 11.6. The van der Waals surface area contributed by atoms with Gasteiger partial charge < -0.3 is 25.8 Å². The summed E-state index contributed by atoms with van der Waals surface area (Å²) < 4.78 is 5.46. The van der Waals surface area contributed by atoms with Crippen LogP contribution in [0.2, 0.25) is 0 Å². The highest BCUT2D eigenvalue weighted by molar-refractivity contribution is 5.97. The number of anilines is 2. The summed E-state index contributed by atoms with van der Waals surface area (Å²) in [4.78, 5) is 41.3. The number of nitrogens with one attached hydrogen (secondary N) is 1. The molecule has 2 saturated heterocycles. The first-order chi connectivity index (χ1) is 18.0. The molecule has 0 aromatic heterocycles. The summed E-state index contributed by atoms with van der Waals surface area (Å²) in [6.07, 6.45) is 1.94. The lowest BCUT2D eigenvalue weighted by Crippen LogP contribution is -2.54. The summed E-state index contributed by atoms with van der Waals surface area (Å²) >= 11 is 0. The minimum atomic E-state index is -1.03. The number of aromatic carboxylic acids is 1. The number of carboxylic acids is 1. The van der Waals surface area contributed by atoms with Crippen molar-refractivity contribution in [3.8, 4) is 0 Å². The van der Waals surface area contributed by atoms with Crippen molar-refractivity contribution in [2.75, 3.05) is 43.1 Å². The fraction of sp³-hybridized carbons (Fsp3) is 0.483. The number of rotatable bonds is 7. The van der Waals surface area contributed by atoms with Gasteiger partial charge in [0.05, 0.1) is 18.2 Å². The van der Waals surface area contributed by atoms with E-state index in [1.54, 1.807) is 12.1 Å². The first-order valence-corrected chi connectivity index (χ1v) is 13.2. The van der Waals surface area contributed by atoms with Crippen LogP contribution in [0.25, 0.3) is 0 Å². The fourth-order valence-corrected chi connectivity index (χ4v) is 5.51. The lowest BCUT2D eigenvalue weighted by molar-refractivity contribution is -0.122. The van der Waals surface area contributed by atoms with E-state index >= 15 is 0 Å². The predicted molar refractivity (Wildman–Crippen MR) is 146 cm³/mol. The van der Waals surface area contributed by atoms with E-state index < -0.39 is 12.0 Å². The Hall–Kier alpha value is -3.27. The largest absolute Gasteiger partial charge is 0.478 e. The molecule has 0 bridgehead atoms. The summed E-state index contributed by atoms with van der Waals surface area (Å²) in [6, 6.07) is 13.3. The topological polar surface area (TPSA) is 125 Å². The molecule has 0 saturated carbocycles. The summed E-state index contributed by atoms with van der Waals surface area (Å²) in [5, 5.41) is 11.9. The van der Waals surface area contributed by atoms with Crippen LogP contribution in [0.4, 0.5) is 11.4 Å². The van der Waals surface area contributed by atoms with E-state index in [1.807, 2.05) is 49.9 Å². The van der Waals surface area contributed by atoms with E-state index in [4.69, 9.17) is 15.6 Å². The molecule has 9 heteroatoms. The molecular weight excluding hydrogens is 484 g/mol. The number of nitrogens with two attached hydrogens (primary N) is 1. The predicted octanol–water partition coefficient (Wildman–Crippen LogP) is 3.31. The molecule has 2 aliphatic heterocycles. The maximum absolute atomic E-state index is 13.1. The molecule has 2 amide bonds. The first kappa shape index (κ1) is 27.8. The van der Waals surface area contributed by atoms with Gasteiger partial charge in [0.1, 0.15) is 0 Å². The zero-order valence-electron chi connectivity index (χ0n) is 22.4. The Balaban J connectivity index is 1.44. The van der Waals surface area contributed by atoms with Crippen LogP contribution in [-0.4, -0.2) is 72.7 Å². The van der Waals surface area contributed by atoms with E-state index in [1.165, 1.54) is 12.1 Å². The summed E-state index contributed by atoms with van der Waals surface area (Å²) in [6.45, 7) is 9.52.